The lowest BCUT2D eigenvalue weighted by molar-refractivity contribution is 0.376. The van der Waals surface area contributed by atoms with Gasteiger partial charge in [0.25, 0.3) is 0 Å². The van der Waals surface area contributed by atoms with Crippen LogP contribution in [0.3, 0.4) is 0 Å². The van der Waals surface area contributed by atoms with Crippen LogP contribution in [0.5, 0.6) is 0 Å². The first kappa shape index (κ1) is 22.6. The summed E-state index contributed by atoms with van der Waals surface area (Å²) in [5, 5.41) is 3.42. The van der Waals surface area contributed by atoms with Crippen LogP contribution in [0.15, 0.2) is 34.2 Å². The molecule has 1 aliphatic rings. The van der Waals surface area contributed by atoms with Crippen molar-refractivity contribution < 1.29 is 8.42 Å². The molecule has 0 radical (unpaired) electrons. The molecular weight excluding hydrogens is 469 g/mol. The lowest BCUT2D eigenvalue weighted by Crippen LogP contribution is -2.51. The van der Waals surface area contributed by atoms with E-state index in [0.717, 1.165) is 43.3 Å². The summed E-state index contributed by atoms with van der Waals surface area (Å²) in [7, 11) is -1.31. The molecule has 0 saturated carbocycles. The zero-order valence-electron chi connectivity index (χ0n) is 15.3. The van der Waals surface area contributed by atoms with Gasteiger partial charge in [0.15, 0.2) is 15.8 Å². The predicted octanol–water partition coefficient (Wildman–Crippen LogP) is 2.65. The lowest BCUT2D eigenvalue weighted by Gasteiger charge is -2.39. The predicted molar refractivity (Wildman–Crippen MR) is 118 cm³/mol. The number of rotatable bonds is 4. The maximum atomic E-state index is 11.5. The van der Waals surface area contributed by atoms with Crippen LogP contribution < -0.4 is 5.32 Å². The third-order valence-corrected chi connectivity index (χ3v) is 6.41. The number of halogens is 1. The molecule has 0 aromatic heterocycles. The molecule has 1 aromatic carbocycles. The second-order valence-electron chi connectivity index (χ2n) is 6.67. The number of nitrogens with zero attached hydrogens (tertiary/aromatic N) is 2. The normalized spacial score (nSPS) is 17.8. The van der Waals surface area contributed by atoms with Gasteiger partial charge in [-0.05, 0) is 38.0 Å². The van der Waals surface area contributed by atoms with Gasteiger partial charge in [0.2, 0.25) is 0 Å². The van der Waals surface area contributed by atoms with Crippen molar-refractivity contribution in [2.45, 2.75) is 29.9 Å². The van der Waals surface area contributed by atoms with E-state index < -0.39 is 9.84 Å². The maximum Gasteiger partial charge on any atom is 0.193 e. The molecule has 0 aliphatic carbocycles. The smallest absolute Gasteiger partial charge is 0.193 e. The van der Waals surface area contributed by atoms with E-state index in [9.17, 15) is 8.42 Å². The summed E-state index contributed by atoms with van der Waals surface area (Å²) in [6.45, 7) is 7.30. The largest absolute Gasteiger partial charge is 0.356 e. The summed E-state index contributed by atoms with van der Waals surface area (Å²) in [6.07, 6.45) is 2.06. The topological polar surface area (TPSA) is 61.8 Å². The van der Waals surface area contributed by atoms with Gasteiger partial charge in [0, 0.05) is 43.4 Å². The maximum absolute atomic E-state index is 11.5. The molecule has 0 bridgehead atoms. The highest BCUT2D eigenvalue weighted by Gasteiger charge is 2.28. The Balaban J connectivity index is 0.00000312. The number of sulfone groups is 1. The number of thioether (sulfide) groups is 1. The summed E-state index contributed by atoms with van der Waals surface area (Å²) in [6, 6.07) is 7.09. The molecule has 142 valence electrons. The average molecular weight is 497 g/mol. The molecule has 2 rings (SSSR count). The van der Waals surface area contributed by atoms with Gasteiger partial charge in [0.05, 0.1) is 4.90 Å². The summed E-state index contributed by atoms with van der Waals surface area (Å²) in [5.41, 5.74) is 1.11. The van der Waals surface area contributed by atoms with E-state index in [1.807, 2.05) is 30.9 Å². The van der Waals surface area contributed by atoms with Crippen molar-refractivity contribution in [3.05, 3.63) is 29.8 Å². The molecule has 0 spiro atoms. The number of hydrogen-bond donors (Lipinski definition) is 1. The van der Waals surface area contributed by atoms with Crippen LogP contribution in [-0.4, -0.2) is 62.7 Å². The highest BCUT2D eigenvalue weighted by molar-refractivity contribution is 14.0. The number of guanidine groups is 1. The number of aliphatic imine (C=N–C) groups is 1. The molecule has 1 heterocycles. The Bertz CT molecular complexity index is 688. The third-order valence-electron chi connectivity index (χ3n) is 3.99. The molecule has 25 heavy (non-hydrogen) atoms. The minimum absolute atomic E-state index is 0. The van der Waals surface area contributed by atoms with Crippen LogP contribution in [0.1, 0.15) is 19.4 Å². The zero-order valence-corrected chi connectivity index (χ0v) is 19.2. The highest BCUT2D eigenvalue weighted by Crippen LogP contribution is 2.29. The summed E-state index contributed by atoms with van der Waals surface area (Å²) in [4.78, 5) is 7.07. The molecule has 1 saturated heterocycles. The van der Waals surface area contributed by atoms with E-state index in [0.29, 0.717) is 4.90 Å². The molecule has 5 nitrogen and oxygen atoms in total. The van der Waals surface area contributed by atoms with E-state index in [1.165, 1.54) is 6.26 Å². The van der Waals surface area contributed by atoms with Crippen LogP contribution in [0.2, 0.25) is 0 Å². The molecule has 0 amide bonds. The van der Waals surface area contributed by atoms with Crippen LogP contribution in [0.25, 0.3) is 0 Å². The van der Waals surface area contributed by atoms with E-state index >= 15 is 0 Å². The van der Waals surface area contributed by atoms with E-state index in [-0.39, 0.29) is 28.7 Å². The van der Waals surface area contributed by atoms with Crippen molar-refractivity contribution >= 4 is 51.5 Å². The van der Waals surface area contributed by atoms with Crippen molar-refractivity contribution in [2.75, 3.05) is 38.7 Å². The summed E-state index contributed by atoms with van der Waals surface area (Å²) >= 11 is 2.00. The zero-order chi connectivity index (χ0) is 17.8. The number of benzene rings is 1. The Morgan fingerprint density at radius 1 is 1.32 bits per heavy atom. The standard InChI is InChI=1S/C17H27N3O2S2.HI/c1-17(2)13-20(11-12-23-17)16(18-3)19-10-9-14-5-7-15(8-6-14)24(4,21)22;/h5-8H,9-13H2,1-4H3,(H,18,19);1H. The number of nitrogens with one attached hydrogen (secondary N) is 1. The Morgan fingerprint density at radius 3 is 2.48 bits per heavy atom. The van der Waals surface area contributed by atoms with Gasteiger partial charge >= 0.3 is 0 Å². The molecule has 1 N–H and O–H groups in total. The van der Waals surface area contributed by atoms with Crippen molar-refractivity contribution in [2.24, 2.45) is 4.99 Å². The molecule has 1 fully saturated rings. The van der Waals surface area contributed by atoms with Gasteiger partial charge in [-0.15, -0.1) is 24.0 Å². The molecule has 1 aromatic rings. The number of hydrogen-bond acceptors (Lipinski definition) is 4. The summed E-state index contributed by atoms with van der Waals surface area (Å²) in [5.74, 6) is 2.05. The Morgan fingerprint density at radius 2 is 1.96 bits per heavy atom. The molecule has 0 unspecified atom stereocenters. The molecule has 1 aliphatic heterocycles. The minimum atomic E-state index is -3.13. The quantitative estimate of drug-likeness (QED) is 0.394. The van der Waals surface area contributed by atoms with Crippen LogP contribution in [0.4, 0.5) is 0 Å². The van der Waals surface area contributed by atoms with E-state index in [2.05, 4.69) is 29.1 Å². The lowest BCUT2D eigenvalue weighted by atomic mass is 10.1. The highest BCUT2D eigenvalue weighted by atomic mass is 127. The van der Waals surface area contributed by atoms with E-state index in [4.69, 9.17) is 0 Å². The van der Waals surface area contributed by atoms with E-state index in [1.54, 1.807) is 12.1 Å². The summed E-state index contributed by atoms with van der Waals surface area (Å²) < 4.78 is 23.2. The van der Waals surface area contributed by atoms with Crippen molar-refractivity contribution in [1.82, 2.24) is 10.2 Å². The van der Waals surface area contributed by atoms with Crippen LogP contribution in [-0.2, 0) is 16.3 Å². The van der Waals surface area contributed by atoms with Crippen molar-refractivity contribution in [1.29, 1.82) is 0 Å². The Kier molecular flexibility index (Phi) is 8.53. The SMILES string of the molecule is CN=C(NCCc1ccc(S(C)(=O)=O)cc1)N1CCSC(C)(C)C1.I. The van der Waals surface area contributed by atoms with Gasteiger partial charge < -0.3 is 10.2 Å². The van der Waals surface area contributed by atoms with Gasteiger partial charge in [0.1, 0.15) is 0 Å². The monoisotopic (exact) mass is 497 g/mol. The van der Waals surface area contributed by atoms with Gasteiger partial charge in [-0.2, -0.15) is 11.8 Å². The van der Waals surface area contributed by atoms with Gasteiger partial charge in [-0.25, -0.2) is 8.42 Å². The first-order chi connectivity index (χ1) is 11.2. The minimum Gasteiger partial charge on any atom is -0.356 e. The van der Waals surface area contributed by atoms with Crippen molar-refractivity contribution in [3.63, 3.8) is 0 Å². The molecule has 0 atom stereocenters. The van der Waals surface area contributed by atoms with Gasteiger partial charge in [-0.3, -0.25) is 4.99 Å². The van der Waals surface area contributed by atoms with Crippen molar-refractivity contribution in [3.8, 4) is 0 Å². The van der Waals surface area contributed by atoms with Crippen LogP contribution in [0, 0.1) is 0 Å². The third kappa shape index (κ3) is 6.97. The Hall–Kier alpha value is -0.480. The fourth-order valence-electron chi connectivity index (χ4n) is 2.75. The fraction of sp³-hybridized carbons (Fsp3) is 0.588. The second-order valence-corrected chi connectivity index (χ2v) is 10.5. The first-order valence-corrected chi connectivity index (χ1v) is 11.0. The first-order valence-electron chi connectivity index (χ1n) is 8.10. The fourth-order valence-corrected chi connectivity index (χ4v) is 4.49. The van der Waals surface area contributed by atoms with Crippen LogP contribution >= 0.6 is 35.7 Å². The van der Waals surface area contributed by atoms with Gasteiger partial charge in [-0.1, -0.05) is 12.1 Å². The average Bonchev–Trinajstić information content (AvgIpc) is 2.50. The molecular formula is C17H28IN3O2S2. The molecule has 8 heteroatoms. The Labute approximate surface area is 173 Å². The second kappa shape index (κ2) is 9.45.